The van der Waals surface area contributed by atoms with E-state index in [2.05, 4.69) is 72.5 Å². The number of nitriles is 1. The molecule has 2 atom stereocenters. The molecule has 0 radical (unpaired) electrons. The Kier molecular flexibility index (Phi) is 4.56. The Morgan fingerprint density at radius 1 is 1.00 bits per heavy atom. The summed E-state index contributed by atoms with van der Waals surface area (Å²) in [4.78, 5) is 2.47. The molecule has 0 unspecified atom stereocenters. The van der Waals surface area contributed by atoms with Gasteiger partial charge in [0.15, 0.2) is 0 Å². The number of rotatable bonds is 6. The Labute approximate surface area is 133 Å². The Morgan fingerprint density at radius 2 is 1.64 bits per heavy atom. The highest BCUT2D eigenvalue weighted by Gasteiger charge is 2.38. The molecule has 0 spiro atoms. The van der Waals surface area contributed by atoms with Crippen LogP contribution in [0.3, 0.4) is 0 Å². The second-order valence-corrected chi connectivity index (χ2v) is 6.37. The zero-order chi connectivity index (χ0) is 15.4. The van der Waals surface area contributed by atoms with Gasteiger partial charge in [0.05, 0.1) is 12.0 Å². The highest BCUT2D eigenvalue weighted by Crippen LogP contribution is 2.38. The van der Waals surface area contributed by atoms with Crippen LogP contribution in [0.1, 0.15) is 23.1 Å². The first-order valence-corrected chi connectivity index (χ1v) is 7.96. The summed E-state index contributed by atoms with van der Waals surface area (Å²) in [7, 11) is 0. The van der Waals surface area contributed by atoms with Crippen LogP contribution in [0, 0.1) is 30.1 Å². The molecule has 22 heavy (non-hydrogen) atoms. The van der Waals surface area contributed by atoms with Crippen molar-refractivity contribution in [3.8, 4) is 6.07 Å². The summed E-state index contributed by atoms with van der Waals surface area (Å²) in [6, 6.07) is 21.8. The molecule has 2 heteroatoms. The molecule has 1 aliphatic carbocycles. The molecule has 0 bridgehead atoms. The first kappa shape index (κ1) is 14.8. The smallest absolute Gasteiger partial charge is 0.0659 e. The number of hydrogen-bond acceptors (Lipinski definition) is 2. The van der Waals surface area contributed by atoms with Crippen molar-refractivity contribution >= 4 is 0 Å². The Hall–Kier alpha value is -2.11. The largest absolute Gasteiger partial charge is 0.295 e. The predicted molar refractivity (Wildman–Crippen MR) is 88.9 cm³/mol. The number of benzene rings is 2. The molecule has 0 aliphatic heterocycles. The summed E-state index contributed by atoms with van der Waals surface area (Å²) in [5, 5.41) is 9.03. The standard InChI is InChI=1S/C20H22N2/c1-16-7-9-18(10-8-16)14-22(15-20-11-19(20)12-21)13-17-5-3-2-4-6-17/h2-10,19-20H,11,13-15H2,1H3/t19-,20-/m0/s1. The SMILES string of the molecule is Cc1ccc(CN(Cc2ccccc2)C[C@@H]2C[C@H]2C#N)cc1. The van der Waals surface area contributed by atoms with Crippen molar-refractivity contribution in [2.75, 3.05) is 6.54 Å². The molecule has 0 saturated heterocycles. The van der Waals surface area contributed by atoms with Crippen molar-refractivity contribution < 1.29 is 0 Å². The average Bonchev–Trinajstić information content (AvgIpc) is 3.29. The van der Waals surface area contributed by atoms with Crippen LogP contribution < -0.4 is 0 Å². The van der Waals surface area contributed by atoms with Crippen molar-refractivity contribution in [1.82, 2.24) is 4.90 Å². The van der Waals surface area contributed by atoms with E-state index >= 15 is 0 Å². The first-order chi connectivity index (χ1) is 10.7. The van der Waals surface area contributed by atoms with Gasteiger partial charge in [-0.3, -0.25) is 4.90 Å². The van der Waals surface area contributed by atoms with E-state index in [0.29, 0.717) is 5.92 Å². The fourth-order valence-corrected chi connectivity index (χ4v) is 2.92. The molecule has 112 valence electrons. The van der Waals surface area contributed by atoms with Crippen LogP contribution in [-0.4, -0.2) is 11.4 Å². The van der Waals surface area contributed by atoms with Crippen LogP contribution in [-0.2, 0) is 13.1 Å². The highest BCUT2D eigenvalue weighted by atomic mass is 15.1. The molecule has 1 fully saturated rings. The molecule has 2 aromatic carbocycles. The van der Waals surface area contributed by atoms with E-state index in [-0.39, 0.29) is 5.92 Å². The molecule has 0 N–H and O–H groups in total. The second-order valence-electron chi connectivity index (χ2n) is 6.37. The van der Waals surface area contributed by atoms with Gasteiger partial charge in [-0.2, -0.15) is 5.26 Å². The molecule has 0 heterocycles. The van der Waals surface area contributed by atoms with Gasteiger partial charge in [0.1, 0.15) is 0 Å². The fraction of sp³-hybridized carbons (Fsp3) is 0.350. The maximum absolute atomic E-state index is 9.03. The van der Waals surface area contributed by atoms with Gasteiger partial charge in [0.2, 0.25) is 0 Å². The van der Waals surface area contributed by atoms with Crippen molar-refractivity contribution in [2.45, 2.75) is 26.4 Å². The lowest BCUT2D eigenvalue weighted by Gasteiger charge is -2.22. The molecular weight excluding hydrogens is 268 g/mol. The number of aryl methyl sites for hydroxylation is 1. The van der Waals surface area contributed by atoms with Gasteiger partial charge in [-0.1, -0.05) is 60.2 Å². The zero-order valence-electron chi connectivity index (χ0n) is 13.1. The van der Waals surface area contributed by atoms with Crippen LogP contribution >= 0.6 is 0 Å². The average molecular weight is 290 g/mol. The van der Waals surface area contributed by atoms with Crippen molar-refractivity contribution in [3.63, 3.8) is 0 Å². The Morgan fingerprint density at radius 3 is 2.23 bits per heavy atom. The lowest BCUT2D eigenvalue weighted by Crippen LogP contribution is -2.25. The molecular formula is C20H22N2. The van der Waals surface area contributed by atoms with E-state index in [9.17, 15) is 0 Å². The molecule has 1 aliphatic rings. The first-order valence-electron chi connectivity index (χ1n) is 7.96. The minimum Gasteiger partial charge on any atom is -0.295 e. The van der Waals surface area contributed by atoms with E-state index in [0.717, 1.165) is 26.1 Å². The molecule has 3 rings (SSSR count). The molecule has 2 nitrogen and oxygen atoms in total. The van der Waals surface area contributed by atoms with Gasteiger partial charge in [0.25, 0.3) is 0 Å². The predicted octanol–water partition coefficient (Wildman–Crippen LogP) is 4.16. The second kappa shape index (κ2) is 6.77. The van der Waals surface area contributed by atoms with Crippen LogP contribution in [0.4, 0.5) is 0 Å². The summed E-state index contributed by atoms with van der Waals surface area (Å²) in [5.41, 5.74) is 3.98. The Balaban J connectivity index is 1.68. The maximum Gasteiger partial charge on any atom is 0.0659 e. The maximum atomic E-state index is 9.03. The van der Waals surface area contributed by atoms with Gasteiger partial charge in [-0.25, -0.2) is 0 Å². The van der Waals surface area contributed by atoms with E-state index in [1.165, 1.54) is 16.7 Å². The highest BCUT2D eigenvalue weighted by molar-refractivity contribution is 5.22. The van der Waals surface area contributed by atoms with E-state index in [1.54, 1.807) is 0 Å². The minimum absolute atomic E-state index is 0.274. The van der Waals surface area contributed by atoms with Crippen molar-refractivity contribution in [2.24, 2.45) is 11.8 Å². The van der Waals surface area contributed by atoms with Gasteiger partial charge in [-0.05, 0) is 30.4 Å². The van der Waals surface area contributed by atoms with Crippen LogP contribution in [0.2, 0.25) is 0 Å². The quantitative estimate of drug-likeness (QED) is 0.799. The van der Waals surface area contributed by atoms with Gasteiger partial charge < -0.3 is 0 Å². The topological polar surface area (TPSA) is 27.0 Å². The van der Waals surface area contributed by atoms with Crippen LogP contribution in [0.25, 0.3) is 0 Å². The van der Waals surface area contributed by atoms with Gasteiger partial charge >= 0.3 is 0 Å². The third kappa shape index (κ3) is 3.96. The normalized spacial score (nSPS) is 19.9. The molecule has 1 saturated carbocycles. The summed E-state index contributed by atoms with van der Waals surface area (Å²) in [5.74, 6) is 0.829. The Bertz CT molecular complexity index is 640. The van der Waals surface area contributed by atoms with E-state index < -0.39 is 0 Å². The number of hydrogen-bond donors (Lipinski definition) is 0. The molecule has 0 amide bonds. The lowest BCUT2D eigenvalue weighted by molar-refractivity contribution is 0.243. The summed E-state index contributed by atoms with van der Waals surface area (Å²) in [6.45, 7) is 5.03. The number of nitrogens with zero attached hydrogens (tertiary/aromatic N) is 2. The summed E-state index contributed by atoms with van der Waals surface area (Å²) >= 11 is 0. The molecule has 0 aromatic heterocycles. The van der Waals surface area contributed by atoms with E-state index in [1.807, 2.05) is 0 Å². The third-order valence-electron chi connectivity index (χ3n) is 4.36. The molecule has 2 aromatic rings. The van der Waals surface area contributed by atoms with E-state index in [4.69, 9.17) is 5.26 Å². The van der Waals surface area contributed by atoms with Crippen LogP contribution in [0.5, 0.6) is 0 Å². The van der Waals surface area contributed by atoms with Crippen LogP contribution in [0.15, 0.2) is 54.6 Å². The monoisotopic (exact) mass is 290 g/mol. The van der Waals surface area contributed by atoms with Crippen molar-refractivity contribution in [1.29, 1.82) is 5.26 Å². The van der Waals surface area contributed by atoms with Gasteiger partial charge in [-0.15, -0.1) is 0 Å². The van der Waals surface area contributed by atoms with Gasteiger partial charge in [0, 0.05) is 19.6 Å². The lowest BCUT2D eigenvalue weighted by atomic mass is 10.1. The fourth-order valence-electron chi connectivity index (χ4n) is 2.92. The van der Waals surface area contributed by atoms with Crippen molar-refractivity contribution in [3.05, 3.63) is 71.3 Å². The summed E-state index contributed by atoms with van der Waals surface area (Å²) < 4.78 is 0. The zero-order valence-corrected chi connectivity index (χ0v) is 13.1. The summed E-state index contributed by atoms with van der Waals surface area (Å²) in [6.07, 6.45) is 1.07. The third-order valence-corrected chi connectivity index (χ3v) is 4.36. The minimum atomic E-state index is 0.274.